The molecule has 0 bridgehead atoms. The molecule has 78 valence electrons. The zero-order chi connectivity index (χ0) is 10.4. The van der Waals surface area contributed by atoms with E-state index in [9.17, 15) is 4.79 Å². The summed E-state index contributed by atoms with van der Waals surface area (Å²) in [7, 11) is 0. The van der Waals surface area contributed by atoms with Crippen molar-refractivity contribution in [1.82, 2.24) is 0 Å². The summed E-state index contributed by atoms with van der Waals surface area (Å²) in [6.07, 6.45) is 1.19. The van der Waals surface area contributed by atoms with E-state index in [1.807, 2.05) is 17.5 Å². The fourth-order valence-corrected chi connectivity index (χ4v) is 2.83. The van der Waals surface area contributed by atoms with Crippen molar-refractivity contribution in [3.05, 3.63) is 22.4 Å². The van der Waals surface area contributed by atoms with Crippen molar-refractivity contribution >= 4 is 28.9 Å². The van der Waals surface area contributed by atoms with Crippen molar-refractivity contribution < 1.29 is 4.79 Å². The van der Waals surface area contributed by atoms with Crippen LogP contribution in [0.3, 0.4) is 0 Å². The van der Waals surface area contributed by atoms with E-state index in [1.54, 1.807) is 11.8 Å². The van der Waals surface area contributed by atoms with Crippen molar-refractivity contribution in [2.75, 3.05) is 11.5 Å². The van der Waals surface area contributed by atoms with Crippen LogP contribution in [0.4, 0.5) is 0 Å². The van der Waals surface area contributed by atoms with E-state index < -0.39 is 0 Å². The summed E-state index contributed by atoms with van der Waals surface area (Å²) in [5, 5.41) is 1.95. The lowest BCUT2D eigenvalue weighted by Gasteiger charge is -2.06. The predicted molar refractivity (Wildman–Crippen MR) is 65.4 cm³/mol. The van der Waals surface area contributed by atoms with Crippen LogP contribution in [0.5, 0.6) is 0 Å². The van der Waals surface area contributed by atoms with Gasteiger partial charge in [0.2, 0.25) is 0 Å². The van der Waals surface area contributed by atoms with Crippen molar-refractivity contribution in [1.29, 1.82) is 0 Å². The number of thiophene rings is 1. The molecule has 0 radical (unpaired) electrons. The van der Waals surface area contributed by atoms with Gasteiger partial charge in [-0.25, -0.2) is 0 Å². The van der Waals surface area contributed by atoms with Gasteiger partial charge in [0.05, 0.1) is 10.6 Å². The molecule has 1 unspecified atom stereocenters. The molecule has 0 aliphatic heterocycles. The van der Waals surface area contributed by atoms with Crippen LogP contribution in [-0.2, 0) is 0 Å². The molecule has 0 spiro atoms. The summed E-state index contributed by atoms with van der Waals surface area (Å²) < 4.78 is 0. The molecule has 0 aliphatic rings. The molecule has 0 saturated heterocycles. The zero-order valence-electron chi connectivity index (χ0n) is 8.66. The van der Waals surface area contributed by atoms with Gasteiger partial charge in [-0.1, -0.05) is 26.3 Å². The van der Waals surface area contributed by atoms with Crippen LogP contribution in [-0.4, -0.2) is 17.3 Å². The topological polar surface area (TPSA) is 17.1 Å². The molecule has 1 aromatic rings. The summed E-state index contributed by atoms with van der Waals surface area (Å²) in [5.74, 6) is 2.71. The number of thioether (sulfide) groups is 1. The smallest absolute Gasteiger partial charge is 0.182 e. The molecule has 1 aromatic heterocycles. The first-order valence-corrected chi connectivity index (χ1v) is 6.92. The highest BCUT2D eigenvalue weighted by Gasteiger charge is 2.07. The lowest BCUT2D eigenvalue weighted by atomic mass is 10.2. The fourth-order valence-electron chi connectivity index (χ4n) is 0.979. The Kier molecular flexibility index (Phi) is 5.26. The standard InChI is InChI=1S/C11H16OS2/c1-3-9(2)7-13-8-10(12)11-5-4-6-14-11/h4-6,9H,3,7-8H2,1-2H3. The van der Waals surface area contributed by atoms with Gasteiger partial charge in [-0.3, -0.25) is 4.79 Å². The van der Waals surface area contributed by atoms with Crippen LogP contribution in [0.2, 0.25) is 0 Å². The minimum absolute atomic E-state index is 0.272. The Morgan fingerprint density at radius 1 is 1.64 bits per heavy atom. The lowest BCUT2D eigenvalue weighted by Crippen LogP contribution is -2.03. The Hall–Kier alpha value is -0.280. The fraction of sp³-hybridized carbons (Fsp3) is 0.545. The lowest BCUT2D eigenvalue weighted by molar-refractivity contribution is 0.102. The SMILES string of the molecule is CCC(C)CSCC(=O)c1cccs1. The number of carbonyl (C=O) groups is 1. The Labute approximate surface area is 93.9 Å². The van der Waals surface area contributed by atoms with Gasteiger partial charge in [-0.05, 0) is 23.1 Å². The van der Waals surface area contributed by atoms with Crippen LogP contribution >= 0.6 is 23.1 Å². The highest BCUT2D eigenvalue weighted by atomic mass is 32.2. The highest BCUT2D eigenvalue weighted by Crippen LogP contribution is 2.15. The largest absolute Gasteiger partial charge is 0.292 e. The Bertz CT molecular complexity index is 267. The number of ketones is 1. The molecule has 3 heteroatoms. The second-order valence-corrected chi connectivity index (χ2v) is 5.41. The van der Waals surface area contributed by atoms with Gasteiger partial charge in [0.25, 0.3) is 0 Å². The number of carbonyl (C=O) groups excluding carboxylic acids is 1. The van der Waals surface area contributed by atoms with E-state index >= 15 is 0 Å². The summed E-state index contributed by atoms with van der Waals surface area (Å²) >= 11 is 3.28. The molecular formula is C11H16OS2. The third-order valence-corrected chi connectivity index (χ3v) is 4.31. The van der Waals surface area contributed by atoms with Gasteiger partial charge >= 0.3 is 0 Å². The minimum Gasteiger partial charge on any atom is -0.292 e. The van der Waals surface area contributed by atoms with Gasteiger partial charge in [0.1, 0.15) is 0 Å². The Balaban J connectivity index is 2.23. The van der Waals surface area contributed by atoms with E-state index in [2.05, 4.69) is 13.8 Å². The van der Waals surface area contributed by atoms with Crippen LogP contribution in [0.25, 0.3) is 0 Å². The molecule has 1 rings (SSSR count). The predicted octanol–water partition coefficient (Wildman–Crippen LogP) is 3.71. The van der Waals surface area contributed by atoms with Crippen molar-refractivity contribution in [3.63, 3.8) is 0 Å². The molecule has 0 amide bonds. The molecule has 0 saturated carbocycles. The van der Waals surface area contributed by atoms with Gasteiger partial charge in [-0.2, -0.15) is 11.8 Å². The molecular weight excluding hydrogens is 212 g/mol. The molecule has 14 heavy (non-hydrogen) atoms. The van der Waals surface area contributed by atoms with E-state index in [0.717, 1.165) is 16.5 Å². The van der Waals surface area contributed by atoms with Gasteiger partial charge in [-0.15, -0.1) is 11.3 Å². The third kappa shape index (κ3) is 3.84. The maximum Gasteiger partial charge on any atom is 0.182 e. The number of hydrogen-bond donors (Lipinski definition) is 0. The first kappa shape index (κ1) is 11.8. The third-order valence-electron chi connectivity index (χ3n) is 2.13. The second-order valence-electron chi connectivity index (χ2n) is 3.43. The van der Waals surface area contributed by atoms with Crippen molar-refractivity contribution in [2.24, 2.45) is 5.92 Å². The minimum atomic E-state index is 0.272. The Morgan fingerprint density at radius 2 is 2.43 bits per heavy atom. The average molecular weight is 228 g/mol. The maximum absolute atomic E-state index is 11.6. The molecule has 1 atom stereocenters. The van der Waals surface area contributed by atoms with Crippen LogP contribution < -0.4 is 0 Å². The quantitative estimate of drug-likeness (QED) is 0.690. The first-order chi connectivity index (χ1) is 6.74. The summed E-state index contributed by atoms with van der Waals surface area (Å²) in [6, 6.07) is 3.83. The van der Waals surface area contributed by atoms with Crippen LogP contribution in [0, 0.1) is 5.92 Å². The molecule has 0 aromatic carbocycles. The highest BCUT2D eigenvalue weighted by molar-refractivity contribution is 8.00. The number of rotatable bonds is 6. The molecule has 1 nitrogen and oxygen atoms in total. The van der Waals surface area contributed by atoms with Gasteiger partial charge < -0.3 is 0 Å². The van der Waals surface area contributed by atoms with Gasteiger partial charge in [0.15, 0.2) is 5.78 Å². The summed E-state index contributed by atoms with van der Waals surface area (Å²) in [6.45, 7) is 4.41. The van der Waals surface area contributed by atoms with Crippen molar-refractivity contribution in [2.45, 2.75) is 20.3 Å². The first-order valence-electron chi connectivity index (χ1n) is 4.88. The maximum atomic E-state index is 11.6. The monoisotopic (exact) mass is 228 g/mol. The Morgan fingerprint density at radius 3 is 3.00 bits per heavy atom. The number of hydrogen-bond acceptors (Lipinski definition) is 3. The molecule has 1 heterocycles. The van der Waals surface area contributed by atoms with E-state index in [0.29, 0.717) is 5.75 Å². The summed E-state index contributed by atoms with van der Waals surface area (Å²) in [4.78, 5) is 12.5. The normalized spacial score (nSPS) is 12.7. The van der Waals surface area contributed by atoms with Crippen LogP contribution in [0.15, 0.2) is 17.5 Å². The molecule has 0 N–H and O–H groups in total. The van der Waals surface area contributed by atoms with E-state index in [1.165, 1.54) is 17.8 Å². The molecule has 0 fully saturated rings. The van der Waals surface area contributed by atoms with Gasteiger partial charge in [0, 0.05) is 0 Å². The zero-order valence-corrected chi connectivity index (χ0v) is 10.3. The van der Waals surface area contributed by atoms with E-state index in [-0.39, 0.29) is 5.78 Å². The average Bonchev–Trinajstić information content (AvgIpc) is 2.70. The summed E-state index contributed by atoms with van der Waals surface area (Å²) in [5.41, 5.74) is 0. The van der Waals surface area contributed by atoms with E-state index in [4.69, 9.17) is 0 Å². The van der Waals surface area contributed by atoms with Crippen LogP contribution in [0.1, 0.15) is 29.9 Å². The van der Waals surface area contributed by atoms with Crippen molar-refractivity contribution in [3.8, 4) is 0 Å². The molecule has 0 aliphatic carbocycles. The second kappa shape index (κ2) is 6.25. The number of Topliss-reactive ketones (excluding diaryl/α,β-unsaturated/α-hetero) is 1.